The molecule has 2 aromatic heterocycles. The van der Waals surface area contributed by atoms with Crippen LogP contribution in [0.4, 0.5) is 0 Å². The predicted molar refractivity (Wildman–Crippen MR) is 83.8 cm³/mol. The van der Waals surface area contributed by atoms with E-state index in [9.17, 15) is 10.1 Å². The molecule has 6 heteroatoms. The number of allylic oxidation sites excluding steroid dienone is 1. The van der Waals surface area contributed by atoms with Gasteiger partial charge in [0.2, 0.25) is 0 Å². The lowest BCUT2D eigenvalue weighted by molar-refractivity contribution is 0.756. The maximum absolute atomic E-state index is 12.1. The van der Waals surface area contributed by atoms with Crippen LogP contribution in [-0.2, 0) is 7.05 Å². The second-order valence-corrected chi connectivity index (χ2v) is 4.95. The van der Waals surface area contributed by atoms with Gasteiger partial charge in [-0.1, -0.05) is 12.1 Å². The molecule has 0 unspecified atom stereocenters. The van der Waals surface area contributed by atoms with E-state index in [1.54, 1.807) is 35.0 Å². The minimum absolute atomic E-state index is 0.259. The highest BCUT2D eigenvalue weighted by Crippen LogP contribution is 2.17. The summed E-state index contributed by atoms with van der Waals surface area (Å²) < 4.78 is 1.67. The van der Waals surface area contributed by atoms with Crippen molar-refractivity contribution >= 4 is 22.6 Å². The monoisotopic (exact) mass is 291 g/mol. The molecule has 0 bridgehead atoms. The van der Waals surface area contributed by atoms with Crippen molar-refractivity contribution in [2.24, 2.45) is 7.05 Å². The minimum Gasteiger partial charge on any atom is -0.305 e. The number of benzene rings is 1. The number of hydrogen-bond acceptors (Lipinski definition) is 4. The van der Waals surface area contributed by atoms with Crippen molar-refractivity contribution in [2.45, 2.75) is 6.92 Å². The van der Waals surface area contributed by atoms with E-state index >= 15 is 0 Å². The predicted octanol–water partition coefficient (Wildman–Crippen LogP) is 2.03. The Hall–Kier alpha value is -3.20. The van der Waals surface area contributed by atoms with Crippen LogP contribution in [0.2, 0.25) is 0 Å². The zero-order valence-electron chi connectivity index (χ0n) is 12.2. The largest absolute Gasteiger partial charge is 0.305 e. The van der Waals surface area contributed by atoms with Crippen molar-refractivity contribution < 1.29 is 0 Å². The minimum atomic E-state index is -0.260. The lowest BCUT2D eigenvalue weighted by Gasteiger charge is -2.01. The van der Waals surface area contributed by atoms with E-state index in [1.165, 1.54) is 0 Å². The maximum Gasteiger partial charge on any atom is 0.259 e. The van der Waals surface area contributed by atoms with Crippen LogP contribution in [0.15, 0.2) is 35.3 Å². The molecule has 0 aliphatic heterocycles. The summed E-state index contributed by atoms with van der Waals surface area (Å²) >= 11 is 0. The van der Waals surface area contributed by atoms with Gasteiger partial charge in [0.25, 0.3) is 5.56 Å². The lowest BCUT2D eigenvalue weighted by Crippen LogP contribution is -2.11. The molecule has 0 aliphatic rings. The number of aromatic nitrogens is 4. The van der Waals surface area contributed by atoms with Gasteiger partial charge < -0.3 is 4.98 Å². The smallest absolute Gasteiger partial charge is 0.259 e. The number of aryl methyl sites for hydroxylation is 2. The summed E-state index contributed by atoms with van der Waals surface area (Å²) in [6.45, 7) is 1.86. The first-order valence-corrected chi connectivity index (χ1v) is 6.70. The number of rotatable bonds is 2. The van der Waals surface area contributed by atoms with Gasteiger partial charge in [0, 0.05) is 18.8 Å². The highest BCUT2D eigenvalue weighted by Gasteiger charge is 2.09. The summed E-state index contributed by atoms with van der Waals surface area (Å²) in [7, 11) is 1.81. The molecule has 22 heavy (non-hydrogen) atoms. The summed E-state index contributed by atoms with van der Waals surface area (Å²) in [4.78, 5) is 19.1. The number of nitrogens with zero attached hydrogens (tertiary/aromatic N) is 4. The number of hydrogen-bond donors (Lipinski definition) is 1. The van der Waals surface area contributed by atoms with E-state index in [0.29, 0.717) is 16.5 Å². The molecule has 0 atom stereocenters. The summed E-state index contributed by atoms with van der Waals surface area (Å²) in [5, 5.41) is 14.1. The van der Waals surface area contributed by atoms with E-state index in [0.717, 1.165) is 11.3 Å². The fourth-order valence-corrected chi connectivity index (χ4v) is 2.28. The molecule has 0 fully saturated rings. The zero-order valence-corrected chi connectivity index (χ0v) is 12.2. The second kappa shape index (κ2) is 5.30. The summed E-state index contributed by atoms with van der Waals surface area (Å²) in [5.74, 6) is 0.259. The third kappa shape index (κ3) is 2.40. The molecular formula is C16H13N5O. The van der Waals surface area contributed by atoms with Crippen LogP contribution >= 0.6 is 0 Å². The summed E-state index contributed by atoms with van der Waals surface area (Å²) in [6.07, 6.45) is 3.49. The molecule has 0 amide bonds. The SMILES string of the molecule is Cc1nn(C)cc1C=C(C#N)c1nc2ccccc2c(=O)[nH]1. The van der Waals surface area contributed by atoms with Gasteiger partial charge in [0.15, 0.2) is 5.82 Å². The average Bonchev–Trinajstić information content (AvgIpc) is 2.82. The Morgan fingerprint density at radius 3 is 2.86 bits per heavy atom. The van der Waals surface area contributed by atoms with Crippen LogP contribution in [0, 0.1) is 18.3 Å². The van der Waals surface area contributed by atoms with E-state index in [-0.39, 0.29) is 11.4 Å². The number of H-pyrrole nitrogens is 1. The van der Waals surface area contributed by atoms with E-state index in [4.69, 9.17) is 0 Å². The normalized spacial score (nSPS) is 11.6. The lowest BCUT2D eigenvalue weighted by atomic mass is 10.1. The molecule has 2 heterocycles. The van der Waals surface area contributed by atoms with Crippen LogP contribution in [0.5, 0.6) is 0 Å². The van der Waals surface area contributed by atoms with Gasteiger partial charge in [0.1, 0.15) is 6.07 Å². The Morgan fingerprint density at radius 2 is 2.18 bits per heavy atom. The van der Waals surface area contributed by atoms with Crippen LogP contribution in [0.25, 0.3) is 22.6 Å². The van der Waals surface area contributed by atoms with Crippen molar-refractivity contribution in [3.63, 3.8) is 0 Å². The Labute approximate surface area is 126 Å². The van der Waals surface area contributed by atoms with Crippen molar-refractivity contribution in [1.29, 1.82) is 5.26 Å². The second-order valence-electron chi connectivity index (χ2n) is 4.95. The Bertz CT molecular complexity index is 988. The highest BCUT2D eigenvalue weighted by molar-refractivity contribution is 5.89. The summed E-state index contributed by atoms with van der Waals surface area (Å²) in [5.41, 5.74) is 2.21. The first-order valence-electron chi connectivity index (χ1n) is 6.70. The van der Waals surface area contributed by atoms with E-state index in [1.807, 2.05) is 20.2 Å². The van der Waals surface area contributed by atoms with Crippen molar-refractivity contribution in [1.82, 2.24) is 19.7 Å². The number of aromatic amines is 1. The molecule has 6 nitrogen and oxygen atoms in total. The maximum atomic E-state index is 12.1. The quantitative estimate of drug-likeness (QED) is 0.732. The fourth-order valence-electron chi connectivity index (χ4n) is 2.28. The van der Waals surface area contributed by atoms with Crippen LogP contribution in [0.1, 0.15) is 17.1 Å². The van der Waals surface area contributed by atoms with Crippen molar-refractivity contribution in [2.75, 3.05) is 0 Å². The standard InChI is InChI=1S/C16H13N5O/c1-10-12(9-21(2)20-10)7-11(8-17)15-18-14-6-4-3-5-13(14)16(22)19-15/h3-7,9H,1-2H3,(H,18,19,22). The zero-order chi connectivity index (χ0) is 15.7. The molecule has 0 spiro atoms. The van der Waals surface area contributed by atoms with Gasteiger partial charge in [-0.25, -0.2) is 4.98 Å². The van der Waals surface area contributed by atoms with Crippen molar-refractivity contribution in [3.05, 3.63) is 57.9 Å². The van der Waals surface area contributed by atoms with Gasteiger partial charge in [-0.2, -0.15) is 10.4 Å². The van der Waals surface area contributed by atoms with Gasteiger partial charge in [-0.05, 0) is 25.1 Å². The first-order chi connectivity index (χ1) is 10.6. The number of nitriles is 1. The molecule has 0 saturated carbocycles. The fraction of sp³-hybridized carbons (Fsp3) is 0.125. The average molecular weight is 291 g/mol. The van der Waals surface area contributed by atoms with Gasteiger partial charge in [-0.15, -0.1) is 0 Å². The van der Waals surface area contributed by atoms with E-state index in [2.05, 4.69) is 21.1 Å². The van der Waals surface area contributed by atoms with Crippen LogP contribution in [-0.4, -0.2) is 19.7 Å². The van der Waals surface area contributed by atoms with Gasteiger partial charge in [0.05, 0.1) is 22.2 Å². The Balaban J connectivity index is 2.18. The number of para-hydroxylation sites is 1. The van der Waals surface area contributed by atoms with Crippen molar-refractivity contribution in [3.8, 4) is 6.07 Å². The Morgan fingerprint density at radius 1 is 1.41 bits per heavy atom. The molecule has 3 aromatic rings. The molecular weight excluding hydrogens is 278 g/mol. The van der Waals surface area contributed by atoms with Gasteiger partial charge >= 0.3 is 0 Å². The summed E-state index contributed by atoms with van der Waals surface area (Å²) in [6, 6.07) is 9.12. The molecule has 0 radical (unpaired) electrons. The molecule has 3 rings (SSSR count). The number of fused-ring (bicyclic) bond motifs is 1. The molecule has 1 aromatic carbocycles. The van der Waals surface area contributed by atoms with Crippen LogP contribution in [0.3, 0.4) is 0 Å². The third-order valence-corrected chi connectivity index (χ3v) is 3.34. The van der Waals surface area contributed by atoms with Gasteiger partial charge in [-0.3, -0.25) is 9.48 Å². The molecule has 0 aliphatic carbocycles. The number of nitrogens with one attached hydrogen (secondary N) is 1. The topological polar surface area (TPSA) is 87.4 Å². The highest BCUT2D eigenvalue weighted by atomic mass is 16.1. The van der Waals surface area contributed by atoms with Crippen LogP contribution < -0.4 is 5.56 Å². The molecule has 1 N–H and O–H groups in total. The molecule has 108 valence electrons. The third-order valence-electron chi connectivity index (χ3n) is 3.34. The Kier molecular flexibility index (Phi) is 3.31. The van der Waals surface area contributed by atoms with E-state index < -0.39 is 0 Å². The molecule has 0 saturated heterocycles. The first kappa shape index (κ1) is 13.8.